The summed E-state index contributed by atoms with van der Waals surface area (Å²) in [6, 6.07) is 21.3. The van der Waals surface area contributed by atoms with Crippen LogP contribution in [0.1, 0.15) is 11.1 Å². The van der Waals surface area contributed by atoms with Gasteiger partial charge in [-0.3, -0.25) is 0 Å². The Balaban J connectivity index is 2.03. The lowest BCUT2D eigenvalue weighted by Crippen LogP contribution is -2.17. The van der Waals surface area contributed by atoms with Gasteiger partial charge in [-0.25, -0.2) is 8.78 Å². The minimum Gasteiger partial charge on any atom is -0.335 e. The second kappa shape index (κ2) is 6.61. The number of benzene rings is 3. The molecule has 0 fully saturated rings. The zero-order chi connectivity index (χ0) is 16.2. The Morgan fingerprint density at radius 2 is 1.52 bits per heavy atom. The predicted octanol–water partition coefficient (Wildman–Crippen LogP) is 5.61. The number of hydrogen-bond donors (Lipinski definition) is 0. The molecule has 1 nitrogen and oxygen atoms in total. The number of aryl methyl sites for hydroxylation is 1. The van der Waals surface area contributed by atoms with Gasteiger partial charge in [0.25, 0.3) is 0 Å². The maximum atomic E-state index is 14.3. The summed E-state index contributed by atoms with van der Waals surface area (Å²) in [4.78, 5) is 1.85. The molecule has 0 aliphatic heterocycles. The van der Waals surface area contributed by atoms with E-state index in [1.165, 1.54) is 12.1 Å². The normalized spacial score (nSPS) is 10.6. The predicted molar refractivity (Wildman–Crippen MR) is 89.8 cm³/mol. The maximum Gasteiger partial charge on any atom is 0.149 e. The van der Waals surface area contributed by atoms with Crippen molar-refractivity contribution in [2.24, 2.45) is 0 Å². The summed E-state index contributed by atoms with van der Waals surface area (Å²) in [7, 11) is 0. The van der Waals surface area contributed by atoms with Crippen molar-refractivity contribution in [2.45, 2.75) is 13.5 Å². The van der Waals surface area contributed by atoms with Crippen molar-refractivity contribution >= 4 is 11.4 Å². The fourth-order valence-corrected chi connectivity index (χ4v) is 2.51. The first-order valence-electron chi connectivity index (χ1n) is 7.47. The maximum absolute atomic E-state index is 14.3. The molecule has 3 aromatic carbocycles. The van der Waals surface area contributed by atoms with Crippen molar-refractivity contribution < 1.29 is 8.78 Å². The highest BCUT2D eigenvalue weighted by atomic mass is 19.1. The summed E-state index contributed by atoms with van der Waals surface area (Å²) < 4.78 is 27.5. The SMILES string of the molecule is Cc1ccc(N(Cc2ccccc2)c2ccc(F)cc2F)cc1. The average Bonchev–Trinajstić information content (AvgIpc) is 2.55. The molecule has 0 radical (unpaired) electrons. The second-order valence-electron chi connectivity index (χ2n) is 5.50. The topological polar surface area (TPSA) is 3.24 Å². The Labute approximate surface area is 134 Å². The van der Waals surface area contributed by atoms with Crippen molar-refractivity contribution in [1.29, 1.82) is 0 Å². The second-order valence-corrected chi connectivity index (χ2v) is 5.50. The van der Waals surface area contributed by atoms with E-state index >= 15 is 0 Å². The van der Waals surface area contributed by atoms with Gasteiger partial charge in [-0.05, 0) is 36.8 Å². The van der Waals surface area contributed by atoms with E-state index in [1.807, 2.05) is 66.4 Å². The van der Waals surface area contributed by atoms with Gasteiger partial charge >= 0.3 is 0 Å². The van der Waals surface area contributed by atoms with Crippen molar-refractivity contribution in [2.75, 3.05) is 4.90 Å². The molecule has 0 aliphatic carbocycles. The van der Waals surface area contributed by atoms with Crippen LogP contribution >= 0.6 is 0 Å². The summed E-state index contributed by atoms with van der Waals surface area (Å²) in [5, 5.41) is 0. The molecule has 0 unspecified atom stereocenters. The molecule has 0 spiro atoms. The summed E-state index contributed by atoms with van der Waals surface area (Å²) in [6.45, 7) is 2.51. The van der Waals surface area contributed by atoms with Gasteiger partial charge in [0.15, 0.2) is 0 Å². The molecule has 23 heavy (non-hydrogen) atoms. The van der Waals surface area contributed by atoms with Gasteiger partial charge < -0.3 is 4.90 Å². The lowest BCUT2D eigenvalue weighted by molar-refractivity contribution is 0.582. The van der Waals surface area contributed by atoms with E-state index in [4.69, 9.17) is 0 Å². The fraction of sp³-hybridized carbons (Fsp3) is 0.100. The van der Waals surface area contributed by atoms with E-state index in [0.717, 1.165) is 22.9 Å². The average molecular weight is 309 g/mol. The largest absolute Gasteiger partial charge is 0.335 e. The Morgan fingerprint density at radius 3 is 2.17 bits per heavy atom. The van der Waals surface area contributed by atoms with Crippen LogP contribution in [0.5, 0.6) is 0 Å². The van der Waals surface area contributed by atoms with Crippen molar-refractivity contribution in [3.63, 3.8) is 0 Å². The van der Waals surface area contributed by atoms with Crippen molar-refractivity contribution in [3.8, 4) is 0 Å². The van der Waals surface area contributed by atoms with E-state index in [9.17, 15) is 8.78 Å². The number of rotatable bonds is 4. The first kappa shape index (κ1) is 15.2. The zero-order valence-electron chi connectivity index (χ0n) is 12.8. The minimum absolute atomic E-state index is 0.360. The molecule has 0 aromatic heterocycles. The molecule has 3 heteroatoms. The summed E-state index contributed by atoms with van der Waals surface area (Å²) >= 11 is 0. The van der Waals surface area contributed by atoms with Crippen LogP contribution in [0.15, 0.2) is 72.8 Å². The van der Waals surface area contributed by atoms with Gasteiger partial charge in [0.1, 0.15) is 11.6 Å². The van der Waals surface area contributed by atoms with Gasteiger partial charge in [-0.15, -0.1) is 0 Å². The lowest BCUT2D eigenvalue weighted by Gasteiger charge is -2.26. The van der Waals surface area contributed by atoms with Crippen molar-refractivity contribution in [3.05, 3.63) is 95.6 Å². The summed E-state index contributed by atoms with van der Waals surface area (Å²) in [5.41, 5.74) is 3.41. The van der Waals surface area contributed by atoms with E-state index < -0.39 is 11.6 Å². The highest BCUT2D eigenvalue weighted by molar-refractivity contribution is 5.64. The Bertz CT molecular complexity index is 782. The molecule has 0 N–H and O–H groups in total. The van der Waals surface area contributed by atoms with Gasteiger partial charge in [-0.2, -0.15) is 0 Å². The van der Waals surface area contributed by atoms with Crippen molar-refractivity contribution in [1.82, 2.24) is 0 Å². The monoisotopic (exact) mass is 309 g/mol. The summed E-state index contributed by atoms with van der Waals surface area (Å²) in [5.74, 6) is -1.14. The summed E-state index contributed by atoms with van der Waals surface area (Å²) in [6.07, 6.45) is 0. The number of halogens is 2. The van der Waals surface area contributed by atoms with E-state index in [1.54, 1.807) is 0 Å². The molecular weight excluding hydrogens is 292 g/mol. The standard InChI is InChI=1S/C20H17F2N/c1-15-7-10-18(11-8-15)23(14-16-5-3-2-4-6-16)20-12-9-17(21)13-19(20)22/h2-13H,14H2,1H3. The van der Waals surface area contributed by atoms with Gasteiger partial charge in [0, 0.05) is 18.3 Å². The number of anilines is 2. The minimum atomic E-state index is -0.574. The van der Waals surface area contributed by atoms with Crippen LogP contribution in [0.4, 0.5) is 20.2 Å². The van der Waals surface area contributed by atoms with E-state index in [0.29, 0.717) is 12.2 Å². The highest BCUT2D eigenvalue weighted by Gasteiger charge is 2.15. The van der Waals surface area contributed by atoms with Crippen LogP contribution in [0.3, 0.4) is 0 Å². The molecule has 0 bridgehead atoms. The van der Waals surface area contributed by atoms with Gasteiger partial charge in [-0.1, -0.05) is 48.0 Å². The Kier molecular flexibility index (Phi) is 4.38. The first-order chi connectivity index (χ1) is 11.1. The first-order valence-corrected chi connectivity index (χ1v) is 7.47. The Hall–Kier alpha value is -2.68. The molecule has 0 saturated heterocycles. The molecule has 0 aliphatic rings. The van der Waals surface area contributed by atoms with E-state index in [2.05, 4.69) is 0 Å². The van der Waals surface area contributed by atoms with Gasteiger partial charge in [0.2, 0.25) is 0 Å². The third-order valence-electron chi connectivity index (χ3n) is 3.73. The molecule has 116 valence electrons. The quantitative estimate of drug-likeness (QED) is 0.605. The molecular formula is C20H17F2N. The van der Waals surface area contributed by atoms with Crippen LogP contribution in [-0.2, 0) is 6.54 Å². The molecule has 0 atom stereocenters. The third-order valence-corrected chi connectivity index (χ3v) is 3.73. The highest BCUT2D eigenvalue weighted by Crippen LogP contribution is 2.30. The number of nitrogens with zero attached hydrogens (tertiary/aromatic N) is 1. The Morgan fingerprint density at radius 1 is 0.826 bits per heavy atom. The molecule has 0 saturated carbocycles. The van der Waals surface area contributed by atoms with E-state index in [-0.39, 0.29) is 0 Å². The van der Waals surface area contributed by atoms with Crippen LogP contribution in [-0.4, -0.2) is 0 Å². The van der Waals surface area contributed by atoms with Gasteiger partial charge in [0.05, 0.1) is 5.69 Å². The lowest BCUT2D eigenvalue weighted by atomic mass is 10.1. The molecule has 3 aromatic rings. The van der Waals surface area contributed by atoms with Crippen LogP contribution in [0, 0.1) is 18.6 Å². The van der Waals surface area contributed by atoms with Crippen LogP contribution in [0.25, 0.3) is 0 Å². The molecule has 0 amide bonds. The fourth-order valence-electron chi connectivity index (χ4n) is 2.51. The number of hydrogen-bond acceptors (Lipinski definition) is 1. The molecule has 0 heterocycles. The third kappa shape index (κ3) is 3.57. The zero-order valence-corrected chi connectivity index (χ0v) is 12.8. The van der Waals surface area contributed by atoms with Crippen LogP contribution < -0.4 is 4.90 Å². The smallest absolute Gasteiger partial charge is 0.149 e. The van der Waals surface area contributed by atoms with Crippen LogP contribution in [0.2, 0.25) is 0 Å². The molecule has 3 rings (SSSR count).